The summed E-state index contributed by atoms with van der Waals surface area (Å²) in [5, 5.41) is 0. The molecule has 96 valence electrons. The number of rotatable bonds is 5. The van der Waals surface area contributed by atoms with Crippen molar-refractivity contribution in [3.8, 4) is 11.5 Å². The number of hydrogen-bond donors (Lipinski definition) is 0. The van der Waals surface area contributed by atoms with Gasteiger partial charge in [0.1, 0.15) is 4.90 Å². The van der Waals surface area contributed by atoms with Crippen LogP contribution in [0.1, 0.15) is 0 Å². The monoisotopic (exact) mass is 328 g/mol. The molecule has 0 atom stereocenters. The Bertz CT molecular complexity index is 502. The van der Waals surface area contributed by atoms with Crippen molar-refractivity contribution in [1.82, 2.24) is 0 Å². The first-order valence-corrected chi connectivity index (χ1v) is 6.51. The highest BCUT2D eigenvalue weighted by molar-refractivity contribution is 9.10. The summed E-state index contributed by atoms with van der Waals surface area (Å²) < 4.78 is 49.3. The normalized spacial score (nSPS) is 11.3. The lowest BCUT2D eigenvalue weighted by Crippen LogP contribution is -2.02. The molecule has 0 aliphatic heterocycles. The smallest absolute Gasteiger partial charge is 0.333 e. The van der Waals surface area contributed by atoms with Gasteiger partial charge in [-0.25, -0.2) is 0 Å². The third kappa shape index (κ3) is 3.55. The molecular weight excluding hydrogens is 319 g/mol. The van der Waals surface area contributed by atoms with E-state index in [2.05, 4.69) is 15.9 Å². The second-order valence-corrected chi connectivity index (χ2v) is 5.09. The van der Waals surface area contributed by atoms with Crippen molar-refractivity contribution in [1.29, 1.82) is 0 Å². The predicted octanol–water partition coefficient (Wildman–Crippen LogP) is 2.10. The highest BCUT2D eigenvalue weighted by atomic mass is 79.9. The summed E-state index contributed by atoms with van der Waals surface area (Å²) >= 11 is 2.94. The van der Waals surface area contributed by atoms with Crippen LogP contribution < -0.4 is 9.47 Å². The summed E-state index contributed by atoms with van der Waals surface area (Å²) in [7, 11) is -2.07. The second-order valence-electron chi connectivity index (χ2n) is 2.92. The molecule has 0 bridgehead atoms. The number of hydrogen-bond acceptors (Lipinski definition) is 5. The van der Waals surface area contributed by atoms with Crippen LogP contribution in [-0.4, -0.2) is 29.4 Å². The SMILES string of the molecule is COCOc1cc(Br)c(S(=O)(=O)F)cc1OC. The van der Waals surface area contributed by atoms with Gasteiger partial charge in [-0.1, -0.05) is 0 Å². The molecule has 1 aromatic carbocycles. The van der Waals surface area contributed by atoms with Gasteiger partial charge in [0.25, 0.3) is 0 Å². The second kappa shape index (κ2) is 5.65. The van der Waals surface area contributed by atoms with Crippen LogP contribution in [0, 0.1) is 0 Å². The van der Waals surface area contributed by atoms with Gasteiger partial charge in [0.05, 0.1) is 7.11 Å². The Morgan fingerprint density at radius 1 is 1.29 bits per heavy atom. The van der Waals surface area contributed by atoms with Crippen LogP contribution in [0.4, 0.5) is 3.89 Å². The number of methoxy groups -OCH3 is 2. The highest BCUT2D eigenvalue weighted by Crippen LogP contribution is 2.36. The van der Waals surface area contributed by atoms with Gasteiger partial charge in [-0.15, -0.1) is 3.89 Å². The van der Waals surface area contributed by atoms with E-state index in [4.69, 9.17) is 14.2 Å². The predicted molar refractivity (Wildman–Crippen MR) is 61.5 cm³/mol. The van der Waals surface area contributed by atoms with Crippen LogP contribution in [0.5, 0.6) is 11.5 Å². The van der Waals surface area contributed by atoms with E-state index in [0.717, 1.165) is 6.07 Å². The summed E-state index contributed by atoms with van der Waals surface area (Å²) in [6, 6.07) is 2.33. The van der Waals surface area contributed by atoms with Crippen LogP contribution in [-0.2, 0) is 15.0 Å². The van der Waals surface area contributed by atoms with Crippen molar-refractivity contribution in [2.24, 2.45) is 0 Å². The van der Waals surface area contributed by atoms with Crippen molar-refractivity contribution in [3.63, 3.8) is 0 Å². The van der Waals surface area contributed by atoms with Crippen molar-refractivity contribution in [2.75, 3.05) is 21.0 Å². The van der Waals surface area contributed by atoms with E-state index >= 15 is 0 Å². The maximum Gasteiger partial charge on any atom is 0.333 e. The summed E-state index contributed by atoms with van der Waals surface area (Å²) in [5.41, 5.74) is 0. The van der Waals surface area contributed by atoms with Gasteiger partial charge in [0.2, 0.25) is 0 Å². The van der Waals surface area contributed by atoms with E-state index in [1.54, 1.807) is 0 Å². The van der Waals surface area contributed by atoms with Gasteiger partial charge >= 0.3 is 10.2 Å². The molecule has 0 aliphatic carbocycles. The summed E-state index contributed by atoms with van der Waals surface area (Å²) in [6.45, 7) is -0.0372. The van der Waals surface area contributed by atoms with Gasteiger partial charge in [-0.3, -0.25) is 0 Å². The largest absolute Gasteiger partial charge is 0.493 e. The molecule has 0 fully saturated rings. The third-order valence-corrected chi connectivity index (χ3v) is 3.59. The molecule has 0 amide bonds. The first kappa shape index (κ1) is 14.2. The zero-order valence-corrected chi connectivity index (χ0v) is 11.5. The van der Waals surface area contributed by atoms with Crippen LogP contribution in [0.3, 0.4) is 0 Å². The van der Waals surface area contributed by atoms with Gasteiger partial charge in [0.15, 0.2) is 18.3 Å². The molecule has 0 saturated carbocycles. The minimum absolute atomic E-state index is 0.0372. The van der Waals surface area contributed by atoms with E-state index < -0.39 is 15.1 Å². The maximum absolute atomic E-state index is 12.9. The molecule has 0 aromatic heterocycles. The van der Waals surface area contributed by atoms with E-state index in [1.807, 2.05) is 0 Å². The van der Waals surface area contributed by atoms with Gasteiger partial charge < -0.3 is 14.2 Å². The highest BCUT2D eigenvalue weighted by Gasteiger charge is 2.20. The Kier molecular flexibility index (Phi) is 4.72. The molecule has 0 spiro atoms. The van der Waals surface area contributed by atoms with Gasteiger partial charge in [0, 0.05) is 17.6 Å². The fraction of sp³-hybridized carbons (Fsp3) is 0.333. The van der Waals surface area contributed by atoms with E-state index in [9.17, 15) is 12.3 Å². The maximum atomic E-state index is 12.9. The van der Waals surface area contributed by atoms with Crippen molar-refractivity contribution >= 4 is 26.2 Å². The summed E-state index contributed by atoms with van der Waals surface area (Å²) in [5.74, 6) is 0.343. The molecule has 5 nitrogen and oxygen atoms in total. The zero-order chi connectivity index (χ0) is 13.1. The van der Waals surface area contributed by atoms with Crippen LogP contribution in [0.15, 0.2) is 21.5 Å². The van der Waals surface area contributed by atoms with Crippen LogP contribution >= 0.6 is 15.9 Å². The summed E-state index contributed by atoms with van der Waals surface area (Å²) in [6.07, 6.45) is 0. The molecule has 0 unspecified atom stereocenters. The Morgan fingerprint density at radius 3 is 2.41 bits per heavy atom. The van der Waals surface area contributed by atoms with Crippen LogP contribution in [0.25, 0.3) is 0 Å². The Morgan fingerprint density at radius 2 is 1.94 bits per heavy atom. The number of halogens is 2. The van der Waals surface area contributed by atoms with Gasteiger partial charge in [-0.05, 0) is 22.0 Å². The first-order valence-electron chi connectivity index (χ1n) is 4.34. The van der Waals surface area contributed by atoms with Crippen molar-refractivity contribution in [2.45, 2.75) is 4.90 Å². The molecule has 1 aromatic rings. The van der Waals surface area contributed by atoms with Crippen molar-refractivity contribution in [3.05, 3.63) is 16.6 Å². The standard InChI is InChI=1S/C9H10BrFO5S/c1-14-5-16-8-3-6(10)9(17(11,12)13)4-7(8)15-2/h3-4H,5H2,1-2H3. The first-order chi connectivity index (χ1) is 7.90. The fourth-order valence-corrected chi connectivity index (χ4v) is 2.54. The van der Waals surface area contributed by atoms with E-state index in [0.29, 0.717) is 0 Å². The molecule has 1 rings (SSSR count). The molecule has 17 heavy (non-hydrogen) atoms. The fourth-order valence-electron chi connectivity index (χ4n) is 1.10. The lowest BCUT2D eigenvalue weighted by molar-refractivity contribution is 0.0490. The average Bonchev–Trinajstić information content (AvgIpc) is 2.24. The molecular formula is C9H10BrFO5S. The number of benzene rings is 1. The average molecular weight is 329 g/mol. The Labute approximate surface area is 107 Å². The lowest BCUT2D eigenvalue weighted by atomic mass is 10.3. The molecule has 0 radical (unpaired) electrons. The third-order valence-electron chi connectivity index (χ3n) is 1.81. The van der Waals surface area contributed by atoms with Crippen molar-refractivity contribution < 1.29 is 26.5 Å². The lowest BCUT2D eigenvalue weighted by Gasteiger charge is -2.11. The van der Waals surface area contributed by atoms with Crippen LogP contribution in [0.2, 0.25) is 0 Å². The molecule has 0 saturated heterocycles. The topological polar surface area (TPSA) is 61.8 Å². The molecule has 0 heterocycles. The molecule has 0 N–H and O–H groups in total. The number of ether oxygens (including phenoxy) is 3. The molecule has 8 heteroatoms. The van der Waals surface area contributed by atoms with E-state index in [1.165, 1.54) is 20.3 Å². The van der Waals surface area contributed by atoms with E-state index in [-0.39, 0.29) is 22.8 Å². The quantitative estimate of drug-likeness (QED) is 0.612. The Hall–Kier alpha value is -0.860. The minimum Gasteiger partial charge on any atom is -0.493 e. The Balaban J connectivity index is 3.25. The summed E-state index contributed by atoms with van der Waals surface area (Å²) in [4.78, 5) is -0.515. The van der Waals surface area contributed by atoms with Gasteiger partial charge in [-0.2, -0.15) is 8.42 Å². The molecule has 0 aliphatic rings. The minimum atomic E-state index is -4.82. The zero-order valence-electron chi connectivity index (χ0n) is 9.07.